The van der Waals surface area contributed by atoms with Crippen molar-refractivity contribution in [1.29, 1.82) is 0 Å². The van der Waals surface area contributed by atoms with Crippen LogP contribution in [0.4, 0.5) is 18.9 Å². The molecule has 0 heterocycles. The molecular weight excluding hydrogens is 253 g/mol. The average molecular weight is 274 g/mol. The van der Waals surface area contributed by atoms with Crippen LogP contribution in [0.5, 0.6) is 0 Å². The molecule has 0 atom stereocenters. The van der Waals surface area contributed by atoms with Crippen molar-refractivity contribution in [2.75, 3.05) is 19.3 Å². The predicted molar refractivity (Wildman–Crippen MR) is 71.7 cm³/mol. The van der Waals surface area contributed by atoms with E-state index in [9.17, 15) is 13.2 Å². The highest BCUT2D eigenvalue weighted by Crippen LogP contribution is 2.33. The van der Waals surface area contributed by atoms with E-state index in [4.69, 9.17) is 5.73 Å². The summed E-state index contributed by atoms with van der Waals surface area (Å²) in [7, 11) is 1.84. The molecule has 0 amide bonds. The zero-order valence-electron chi connectivity index (χ0n) is 11.4. The van der Waals surface area contributed by atoms with Crippen LogP contribution in [0.1, 0.15) is 37.3 Å². The Bertz CT molecular complexity index is 402. The largest absolute Gasteiger partial charge is 0.416 e. The van der Waals surface area contributed by atoms with Crippen LogP contribution < -0.4 is 5.73 Å². The minimum absolute atomic E-state index is 0.143. The van der Waals surface area contributed by atoms with Crippen LogP contribution in [0.2, 0.25) is 0 Å². The van der Waals surface area contributed by atoms with Crippen molar-refractivity contribution in [2.24, 2.45) is 0 Å². The predicted octanol–water partition coefficient (Wildman–Crippen LogP) is 3.91. The van der Waals surface area contributed by atoms with E-state index < -0.39 is 11.7 Å². The molecular formula is C14H21F3N2. The van der Waals surface area contributed by atoms with Gasteiger partial charge in [0.15, 0.2) is 0 Å². The van der Waals surface area contributed by atoms with E-state index in [1.807, 2.05) is 11.9 Å². The molecule has 0 unspecified atom stereocenters. The maximum absolute atomic E-state index is 12.9. The Morgan fingerprint density at radius 1 is 1.21 bits per heavy atom. The van der Waals surface area contributed by atoms with Gasteiger partial charge in [0, 0.05) is 12.2 Å². The summed E-state index contributed by atoms with van der Waals surface area (Å²) in [5, 5.41) is 0. The third-order valence-electron chi connectivity index (χ3n) is 3.02. The number of hydrogen-bond acceptors (Lipinski definition) is 2. The van der Waals surface area contributed by atoms with Crippen LogP contribution >= 0.6 is 0 Å². The Morgan fingerprint density at radius 2 is 1.89 bits per heavy atom. The van der Waals surface area contributed by atoms with Crippen molar-refractivity contribution in [3.8, 4) is 0 Å². The number of unbranched alkanes of at least 4 members (excludes halogenated alkanes) is 2. The van der Waals surface area contributed by atoms with Crippen LogP contribution in [0, 0.1) is 0 Å². The maximum atomic E-state index is 12.9. The van der Waals surface area contributed by atoms with Crippen molar-refractivity contribution < 1.29 is 13.2 Å². The molecule has 2 N–H and O–H groups in total. The standard InChI is InChI=1S/C14H21F3N2/c1-3-4-5-8-19(2)10-11-6-7-12(18)9-13(11)14(15,16)17/h6-7,9H,3-5,8,10,18H2,1-2H3. The van der Waals surface area contributed by atoms with Gasteiger partial charge in [-0.05, 0) is 37.7 Å². The van der Waals surface area contributed by atoms with Gasteiger partial charge in [-0.15, -0.1) is 0 Å². The van der Waals surface area contributed by atoms with E-state index in [2.05, 4.69) is 6.92 Å². The fraction of sp³-hybridized carbons (Fsp3) is 0.571. The second-order valence-corrected chi connectivity index (χ2v) is 4.86. The maximum Gasteiger partial charge on any atom is 0.416 e. The Labute approximate surface area is 112 Å². The van der Waals surface area contributed by atoms with E-state index >= 15 is 0 Å². The first-order chi connectivity index (χ1) is 8.84. The monoisotopic (exact) mass is 274 g/mol. The highest BCUT2D eigenvalue weighted by molar-refractivity contribution is 5.46. The van der Waals surface area contributed by atoms with Crippen molar-refractivity contribution >= 4 is 5.69 Å². The van der Waals surface area contributed by atoms with Gasteiger partial charge in [0.25, 0.3) is 0 Å². The summed E-state index contributed by atoms with van der Waals surface area (Å²) in [5.41, 5.74) is 5.23. The number of hydrogen-bond donors (Lipinski definition) is 1. The Morgan fingerprint density at radius 3 is 2.47 bits per heavy atom. The number of nitrogens with two attached hydrogens (primary N) is 1. The molecule has 1 aromatic rings. The molecule has 0 aliphatic carbocycles. The molecule has 1 aromatic carbocycles. The fourth-order valence-electron chi connectivity index (χ4n) is 2.00. The first-order valence-electron chi connectivity index (χ1n) is 6.48. The molecule has 0 spiro atoms. The van der Waals surface area contributed by atoms with Crippen molar-refractivity contribution in [3.05, 3.63) is 29.3 Å². The molecule has 0 aliphatic rings. The van der Waals surface area contributed by atoms with Crippen LogP contribution in [0.15, 0.2) is 18.2 Å². The molecule has 1 rings (SSSR count). The number of anilines is 1. The lowest BCUT2D eigenvalue weighted by Gasteiger charge is -2.20. The quantitative estimate of drug-likeness (QED) is 0.629. The first kappa shape index (κ1) is 15.8. The minimum Gasteiger partial charge on any atom is -0.399 e. The van der Waals surface area contributed by atoms with E-state index in [1.165, 1.54) is 12.1 Å². The molecule has 0 fully saturated rings. The highest BCUT2D eigenvalue weighted by Gasteiger charge is 2.33. The molecule has 2 nitrogen and oxygen atoms in total. The van der Waals surface area contributed by atoms with Crippen LogP contribution in [0.25, 0.3) is 0 Å². The van der Waals surface area contributed by atoms with E-state index in [-0.39, 0.29) is 11.3 Å². The summed E-state index contributed by atoms with van der Waals surface area (Å²) < 4.78 is 38.7. The second kappa shape index (κ2) is 6.80. The van der Waals surface area contributed by atoms with Gasteiger partial charge in [-0.2, -0.15) is 13.2 Å². The number of alkyl halides is 3. The van der Waals surface area contributed by atoms with Gasteiger partial charge in [-0.1, -0.05) is 25.8 Å². The highest BCUT2D eigenvalue weighted by atomic mass is 19.4. The number of benzene rings is 1. The summed E-state index contributed by atoms with van der Waals surface area (Å²) in [6, 6.07) is 3.99. The fourth-order valence-corrected chi connectivity index (χ4v) is 2.00. The third kappa shape index (κ3) is 5.11. The normalized spacial score (nSPS) is 12.1. The number of rotatable bonds is 6. The first-order valence-corrected chi connectivity index (χ1v) is 6.48. The Balaban J connectivity index is 2.77. The molecule has 5 heteroatoms. The van der Waals surface area contributed by atoms with Gasteiger partial charge in [-0.25, -0.2) is 0 Å². The molecule has 19 heavy (non-hydrogen) atoms. The zero-order chi connectivity index (χ0) is 14.5. The average Bonchev–Trinajstić information content (AvgIpc) is 2.30. The van der Waals surface area contributed by atoms with Crippen molar-refractivity contribution in [2.45, 2.75) is 38.9 Å². The zero-order valence-corrected chi connectivity index (χ0v) is 11.4. The summed E-state index contributed by atoms with van der Waals surface area (Å²) >= 11 is 0. The lowest BCUT2D eigenvalue weighted by atomic mass is 10.1. The summed E-state index contributed by atoms with van der Waals surface area (Å²) in [6.07, 6.45) is -1.15. The Kier molecular flexibility index (Phi) is 5.66. The summed E-state index contributed by atoms with van der Waals surface area (Å²) in [6.45, 7) is 3.19. The smallest absolute Gasteiger partial charge is 0.399 e. The summed E-state index contributed by atoms with van der Waals surface area (Å²) in [4.78, 5) is 1.91. The number of nitrogens with zero attached hydrogens (tertiary/aromatic N) is 1. The molecule has 0 bridgehead atoms. The van der Waals surface area contributed by atoms with Crippen LogP contribution in [-0.4, -0.2) is 18.5 Å². The molecule has 0 saturated heterocycles. The van der Waals surface area contributed by atoms with Crippen LogP contribution in [0.3, 0.4) is 0 Å². The van der Waals surface area contributed by atoms with Crippen molar-refractivity contribution in [1.82, 2.24) is 4.90 Å². The van der Waals surface area contributed by atoms with Gasteiger partial charge >= 0.3 is 6.18 Å². The van der Waals surface area contributed by atoms with E-state index in [0.29, 0.717) is 6.54 Å². The Hall–Kier alpha value is -1.23. The SMILES string of the molecule is CCCCCN(C)Cc1ccc(N)cc1C(F)(F)F. The number of halogens is 3. The van der Waals surface area contributed by atoms with Gasteiger partial charge in [0.1, 0.15) is 0 Å². The van der Waals surface area contributed by atoms with Crippen molar-refractivity contribution in [3.63, 3.8) is 0 Å². The summed E-state index contributed by atoms with van der Waals surface area (Å²) in [5.74, 6) is 0. The van der Waals surface area contributed by atoms with E-state index in [1.54, 1.807) is 0 Å². The van der Waals surface area contributed by atoms with Gasteiger partial charge in [0.2, 0.25) is 0 Å². The second-order valence-electron chi connectivity index (χ2n) is 4.86. The van der Waals surface area contributed by atoms with Gasteiger partial charge in [0.05, 0.1) is 5.56 Å². The van der Waals surface area contributed by atoms with Gasteiger partial charge < -0.3 is 10.6 Å². The minimum atomic E-state index is -4.35. The lowest BCUT2D eigenvalue weighted by molar-refractivity contribution is -0.138. The molecule has 0 radical (unpaired) electrons. The molecule has 0 saturated carbocycles. The topological polar surface area (TPSA) is 29.3 Å². The lowest BCUT2D eigenvalue weighted by Crippen LogP contribution is -2.21. The van der Waals surface area contributed by atoms with E-state index in [0.717, 1.165) is 31.9 Å². The third-order valence-corrected chi connectivity index (χ3v) is 3.02. The molecule has 0 aliphatic heterocycles. The molecule has 0 aromatic heterocycles. The molecule has 108 valence electrons. The number of nitrogen functional groups attached to an aromatic ring is 1. The van der Waals surface area contributed by atoms with Gasteiger partial charge in [-0.3, -0.25) is 0 Å². The van der Waals surface area contributed by atoms with Crippen LogP contribution in [-0.2, 0) is 12.7 Å².